The molecule has 4 aromatic rings. The highest BCUT2D eigenvalue weighted by molar-refractivity contribution is 6.30. The molecule has 0 radical (unpaired) electrons. The Hall–Kier alpha value is -2.52. The zero-order valence-corrected chi connectivity index (χ0v) is 18.4. The molecule has 4 rings (SSSR count). The van der Waals surface area contributed by atoms with Gasteiger partial charge in [-0.15, -0.1) is 12.4 Å². The van der Waals surface area contributed by atoms with Crippen LogP contribution in [-0.4, -0.2) is 0 Å². The number of nitrogens with one attached hydrogen (secondary N) is 1. The number of hydrogen-bond donors (Lipinski definition) is 1. The fourth-order valence-electron chi connectivity index (χ4n) is 3.49. The molecule has 154 valence electrons. The van der Waals surface area contributed by atoms with E-state index in [4.69, 9.17) is 16.3 Å². The standard InChI is InChI=1S/C26H24ClNO.ClH/c1-19(21-7-3-2-4-8-21)28-17-25-24-10-6-5-9-22(24)13-16-26(25)29-18-20-11-14-23(27)15-12-20;/h2-16,19,28H,17-18H2,1H3;1H. The van der Waals surface area contributed by atoms with E-state index in [1.54, 1.807) is 0 Å². The molecular formula is C26H25Cl2NO. The Morgan fingerprint density at radius 3 is 2.30 bits per heavy atom. The Morgan fingerprint density at radius 1 is 0.833 bits per heavy atom. The molecule has 4 aromatic carbocycles. The number of hydrogen-bond acceptors (Lipinski definition) is 2. The summed E-state index contributed by atoms with van der Waals surface area (Å²) >= 11 is 5.99. The summed E-state index contributed by atoms with van der Waals surface area (Å²) in [6.07, 6.45) is 0. The number of ether oxygens (including phenoxy) is 1. The lowest BCUT2D eigenvalue weighted by Gasteiger charge is -2.18. The molecule has 0 saturated carbocycles. The molecular weight excluding hydrogens is 413 g/mol. The summed E-state index contributed by atoms with van der Waals surface area (Å²) in [5, 5.41) is 6.83. The van der Waals surface area contributed by atoms with Crippen molar-refractivity contribution in [3.63, 3.8) is 0 Å². The van der Waals surface area contributed by atoms with Gasteiger partial charge >= 0.3 is 0 Å². The zero-order valence-electron chi connectivity index (χ0n) is 16.8. The van der Waals surface area contributed by atoms with Gasteiger partial charge in [-0.25, -0.2) is 0 Å². The summed E-state index contributed by atoms with van der Waals surface area (Å²) in [6, 6.07) is 31.2. The van der Waals surface area contributed by atoms with Gasteiger partial charge in [0.25, 0.3) is 0 Å². The van der Waals surface area contributed by atoms with Gasteiger partial charge < -0.3 is 10.1 Å². The highest BCUT2D eigenvalue weighted by atomic mass is 35.5. The first kappa shape index (κ1) is 22.2. The highest BCUT2D eigenvalue weighted by Crippen LogP contribution is 2.29. The van der Waals surface area contributed by atoms with Crippen LogP contribution < -0.4 is 10.1 Å². The van der Waals surface area contributed by atoms with E-state index in [1.165, 1.54) is 21.9 Å². The summed E-state index contributed by atoms with van der Waals surface area (Å²) in [6.45, 7) is 3.43. The fourth-order valence-corrected chi connectivity index (χ4v) is 3.62. The van der Waals surface area contributed by atoms with Crippen molar-refractivity contribution < 1.29 is 4.74 Å². The van der Waals surface area contributed by atoms with Gasteiger partial charge in [0.1, 0.15) is 12.4 Å². The predicted molar refractivity (Wildman–Crippen MR) is 129 cm³/mol. The summed E-state index contributed by atoms with van der Waals surface area (Å²) < 4.78 is 6.23. The smallest absolute Gasteiger partial charge is 0.124 e. The quantitative estimate of drug-likeness (QED) is 0.326. The Balaban J connectivity index is 0.00000256. The second kappa shape index (κ2) is 10.5. The van der Waals surface area contributed by atoms with Crippen LogP contribution in [0.4, 0.5) is 0 Å². The maximum absolute atomic E-state index is 6.23. The maximum Gasteiger partial charge on any atom is 0.124 e. The van der Waals surface area contributed by atoms with Gasteiger partial charge in [0.15, 0.2) is 0 Å². The predicted octanol–water partition coefficient (Wildman–Crippen LogP) is 7.34. The Morgan fingerprint density at radius 2 is 1.53 bits per heavy atom. The molecule has 0 spiro atoms. The van der Waals surface area contributed by atoms with Gasteiger partial charge in [-0.2, -0.15) is 0 Å². The summed E-state index contributed by atoms with van der Waals surface area (Å²) in [7, 11) is 0. The minimum absolute atomic E-state index is 0. The SMILES string of the molecule is CC(NCc1c(OCc2ccc(Cl)cc2)ccc2ccccc12)c1ccccc1.Cl. The lowest BCUT2D eigenvalue weighted by Crippen LogP contribution is -2.18. The van der Waals surface area contributed by atoms with E-state index < -0.39 is 0 Å². The first-order valence-electron chi connectivity index (χ1n) is 9.87. The number of benzene rings is 4. The number of rotatable bonds is 7. The van der Waals surface area contributed by atoms with Crippen molar-refractivity contribution in [1.82, 2.24) is 5.32 Å². The summed E-state index contributed by atoms with van der Waals surface area (Å²) in [5.41, 5.74) is 3.55. The minimum atomic E-state index is 0. The van der Waals surface area contributed by atoms with Crippen LogP contribution in [0.1, 0.15) is 29.7 Å². The molecule has 0 amide bonds. The average Bonchev–Trinajstić information content (AvgIpc) is 2.78. The van der Waals surface area contributed by atoms with E-state index in [-0.39, 0.29) is 18.4 Å². The molecule has 1 N–H and O–H groups in total. The molecule has 0 aliphatic heterocycles. The largest absolute Gasteiger partial charge is 0.489 e. The van der Waals surface area contributed by atoms with Crippen molar-refractivity contribution in [2.75, 3.05) is 0 Å². The molecule has 0 aliphatic rings. The molecule has 0 aliphatic carbocycles. The third kappa shape index (κ3) is 5.34. The van der Waals surface area contributed by atoms with Gasteiger partial charge in [-0.3, -0.25) is 0 Å². The highest BCUT2D eigenvalue weighted by Gasteiger charge is 2.12. The minimum Gasteiger partial charge on any atom is -0.489 e. The lowest BCUT2D eigenvalue weighted by molar-refractivity contribution is 0.302. The van der Waals surface area contributed by atoms with Gasteiger partial charge in [0.2, 0.25) is 0 Å². The number of halogens is 2. The van der Waals surface area contributed by atoms with Gasteiger partial charge in [0.05, 0.1) is 0 Å². The van der Waals surface area contributed by atoms with E-state index in [1.807, 2.05) is 30.3 Å². The van der Waals surface area contributed by atoms with Crippen molar-refractivity contribution in [3.8, 4) is 5.75 Å². The summed E-state index contributed by atoms with van der Waals surface area (Å²) in [4.78, 5) is 0. The monoisotopic (exact) mass is 437 g/mol. The molecule has 0 bridgehead atoms. The second-order valence-electron chi connectivity index (χ2n) is 7.19. The van der Waals surface area contributed by atoms with Crippen LogP contribution in [0.15, 0.2) is 91.0 Å². The Bertz CT molecular complexity index is 1080. The molecule has 1 unspecified atom stereocenters. The molecule has 0 fully saturated rings. The third-order valence-electron chi connectivity index (χ3n) is 5.19. The van der Waals surface area contributed by atoms with Gasteiger partial charge in [-0.1, -0.05) is 84.4 Å². The van der Waals surface area contributed by atoms with Crippen LogP contribution in [0.2, 0.25) is 5.02 Å². The molecule has 4 heteroatoms. The molecule has 1 atom stereocenters. The molecule has 30 heavy (non-hydrogen) atoms. The van der Waals surface area contributed by atoms with E-state index >= 15 is 0 Å². The van der Waals surface area contributed by atoms with E-state index in [0.29, 0.717) is 6.61 Å². The Kier molecular flexibility index (Phi) is 7.75. The number of fused-ring (bicyclic) bond motifs is 1. The van der Waals surface area contributed by atoms with E-state index in [2.05, 4.69) is 72.9 Å². The van der Waals surface area contributed by atoms with Gasteiger partial charge in [-0.05, 0) is 47.0 Å². The van der Waals surface area contributed by atoms with Crippen LogP contribution in [0.5, 0.6) is 5.75 Å². The van der Waals surface area contributed by atoms with Gasteiger partial charge in [0, 0.05) is 23.2 Å². The topological polar surface area (TPSA) is 21.3 Å². The van der Waals surface area contributed by atoms with Crippen LogP contribution >= 0.6 is 24.0 Å². The Labute approximate surface area is 189 Å². The van der Waals surface area contributed by atoms with Crippen molar-refractivity contribution >= 4 is 34.8 Å². The van der Waals surface area contributed by atoms with Crippen LogP contribution in [0, 0.1) is 0 Å². The molecule has 0 aromatic heterocycles. The van der Waals surface area contributed by atoms with E-state index in [9.17, 15) is 0 Å². The van der Waals surface area contributed by atoms with E-state index in [0.717, 1.165) is 22.9 Å². The summed E-state index contributed by atoms with van der Waals surface area (Å²) in [5.74, 6) is 0.909. The first-order chi connectivity index (χ1) is 14.2. The molecule has 0 heterocycles. The van der Waals surface area contributed by atoms with Crippen molar-refractivity contribution in [2.45, 2.75) is 26.1 Å². The first-order valence-corrected chi connectivity index (χ1v) is 10.2. The normalized spacial score (nSPS) is 11.7. The molecule has 0 saturated heterocycles. The maximum atomic E-state index is 6.23. The third-order valence-corrected chi connectivity index (χ3v) is 5.44. The second-order valence-corrected chi connectivity index (χ2v) is 7.63. The average molecular weight is 438 g/mol. The molecule has 2 nitrogen and oxygen atoms in total. The lowest BCUT2D eigenvalue weighted by atomic mass is 10.0. The fraction of sp³-hybridized carbons (Fsp3) is 0.154. The van der Waals surface area contributed by atoms with Crippen LogP contribution in [0.25, 0.3) is 10.8 Å². The zero-order chi connectivity index (χ0) is 20.1. The van der Waals surface area contributed by atoms with Crippen molar-refractivity contribution in [1.29, 1.82) is 0 Å². The van der Waals surface area contributed by atoms with Crippen molar-refractivity contribution in [2.24, 2.45) is 0 Å². The van der Waals surface area contributed by atoms with Crippen LogP contribution in [0.3, 0.4) is 0 Å². The van der Waals surface area contributed by atoms with Crippen molar-refractivity contribution in [3.05, 3.63) is 113 Å². The van der Waals surface area contributed by atoms with Crippen LogP contribution in [-0.2, 0) is 13.2 Å².